The zero-order chi connectivity index (χ0) is 14.3. The molecule has 0 saturated heterocycles. The molecule has 0 aliphatic heterocycles. The monoisotopic (exact) mass is 267 g/mol. The summed E-state index contributed by atoms with van der Waals surface area (Å²) in [4.78, 5) is 33.6. The number of allylic oxidation sites excluding steroid dienone is 1. The summed E-state index contributed by atoms with van der Waals surface area (Å²) in [7, 11) is 0. The Morgan fingerprint density at radius 3 is 2.42 bits per heavy atom. The fourth-order valence-electron chi connectivity index (χ4n) is 2.34. The molecule has 19 heavy (non-hydrogen) atoms. The molecule has 5 nitrogen and oxygen atoms in total. The fraction of sp³-hybridized carbons (Fsp3) is 0.643. The number of nitrogens with two attached hydrogens (primary N) is 1. The maximum absolute atomic E-state index is 11.9. The maximum Gasteiger partial charge on any atom is 0.302 e. The third-order valence-corrected chi connectivity index (χ3v) is 3.44. The molecule has 0 aromatic carbocycles. The highest BCUT2D eigenvalue weighted by Crippen LogP contribution is 2.27. The average molecular weight is 267 g/mol. The number of carbonyl (C=O) groups excluding carboxylic acids is 3. The first-order valence-electron chi connectivity index (χ1n) is 6.63. The summed E-state index contributed by atoms with van der Waals surface area (Å²) in [5, 5.41) is 0. The van der Waals surface area contributed by atoms with Crippen LogP contribution in [0.15, 0.2) is 12.2 Å². The molecule has 5 heteroatoms. The van der Waals surface area contributed by atoms with E-state index in [1.54, 1.807) is 6.08 Å². The molecule has 1 aliphatic rings. The van der Waals surface area contributed by atoms with Gasteiger partial charge >= 0.3 is 5.97 Å². The lowest BCUT2D eigenvalue weighted by Crippen LogP contribution is -2.22. The number of carbonyl (C=O) groups is 3. The maximum atomic E-state index is 11.9. The van der Waals surface area contributed by atoms with Crippen LogP contribution in [-0.2, 0) is 19.1 Å². The number of primary amides is 1. The van der Waals surface area contributed by atoms with Gasteiger partial charge in [-0.3, -0.25) is 14.4 Å². The lowest BCUT2D eigenvalue weighted by atomic mass is 9.94. The minimum Gasteiger partial charge on any atom is -0.462 e. The first kappa shape index (κ1) is 15.4. The molecule has 1 aliphatic carbocycles. The molecule has 0 aromatic heterocycles. The molecule has 2 N–H and O–H groups in total. The summed E-state index contributed by atoms with van der Waals surface area (Å²) in [6, 6.07) is 0. The predicted octanol–water partition coefficient (Wildman–Crippen LogP) is 1.36. The van der Waals surface area contributed by atoms with Crippen molar-refractivity contribution >= 4 is 17.7 Å². The normalized spacial score (nSPS) is 23.8. The van der Waals surface area contributed by atoms with Crippen molar-refractivity contribution in [1.82, 2.24) is 0 Å². The summed E-state index contributed by atoms with van der Waals surface area (Å²) in [5.41, 5.74) is 5.30. The summed E-state index contributed by atoms with van der Waals surface area (Å²) in [6.07, 6.45) is 6.82. The predicted molar refractivity (Wildman–Crippen MR) is 70.0 cm³/mol. The van der Waals surface area contributed by atoms with Gasteiger partial charge in [-0.15, -0.1) is 0 Å². The molecule has 0 bridgehead atoms. The standard InChI is InChI=1S/C14H21NO4/c1-10(16)19-9-3-6-13(17)11-4-2-5-12(8-7-11)14(15)18/h3,6,11-12H,2,4-5,7-9H2,1H3,(H2,15,18)/b6-3+/t11?,12-/m1/s1. The highest BCUT2D eigenvalue weighted by molar-refractivity contribution is 5.91. The highest BCUT2D eigenvalue weighted by atomic mass is 16.5. The number of esters is 1. The van der Waals surface area contributed by atoms with Gasteiger partial charge in [0.15, 0.2) is 5.78 Å². The molecule has 1 amide bonds. The van der Waals surface area contributed by atoms with Crippen LogP contribution in [0.25, 0.3) is 0 Å². The molecule has 1 rings (SSSR count). The van der Waals surface area contributed by atoms with Gasteiger partial charge in [0.1, 0.15) is 6.61 Å². The van der Waals surface area contributed by atoms with Gasteiger partial charge in [0.2, 0.25) is 5.91 Å². The van der Waals surface area contributed by atoms with E-state index < -0.39 is 0 Å². The number of hydrogen-bond acceptors (Lipinski definition) is 4. The average Bonchev–Trinajstić information content (AvgIpc) is 2.59. The Labute approximate surface area is 113 Å². The van der Waals surface area contributed by atoms with E-state index in [-0.39, 0.29) is 36.1 Å². The van der Waals surface area contributed by atoms with Crippen molar-refractivity contribution in [3.63, 3.8) is 0 Å². The molecule has 0 radical (unpaired) electrons. The van der Waals surface area contributed by atoms with Gasteiger partial charge in [-0.25, -0.2) is 0 Å². The third-order valence-electron chi connectivity index (χ3n) is 3.44. The molecule has 1 unspecified atom stereocenters. The van der Waals surface area contributed by atoms with Crippen LogP contribution in [-0.4, -0.2) is 24.3 Å². The third kappa shape index (κ3) is 5.68. The van der Waals surface area contributed by atoms with Crippen LogP contribution in [0.5, 0.6) is 0 Å². The molecular weight excluding hydrogens is 246 g/mol. The van der Waals surface area contributed by atoms with Crippen molar-refractivity contribution in [3.8, 4) is 0 Å². The van der Waals surface area contributed by atoms with Crippen LogP contribution < -0.4 is 5.73 Å². The van der Waals surface area contributed by atoms with Crippen LogP contribution in [0.1, 0.15) is 39.0 Å². The van der Waals surface area contributed by atoms with E-state index in [9.17, 15) is 14.4 Å². The van der Waals surface area contributed by atoms with E-state index in [1.807, 2.05) is 0 Å². The van der Waals surface area contributed by atoms with Crippen molar-refractivity contribution < 1.29 is 19.1 Å². The highest BCUT2D eigenvalue weighted by Gasteiger charge is 2.25. The minimum atomic E-state index is -0.365. The van der Waals surface area contributed by atoms with Gasteiger partial charge < -0.3 is 10.5 Å². The Hall–Kier alpha value is -1.65. The van der Waals surface area contributed by atoms with Gasteiger partial charge in [0.05, 0.1) is 0 Å². The molecule has 1 saturated carbocycles. The van der Waals surface area contributed by atoms with E-state index >= 15 is 0 Å². The van der Waals surface area contributed by atoms with Gasteiger partial charge in [0.25, 0.3) is 0 Å². The molecule has 106 valence electrons. The Morgan fingerprint density at radius 1 is 1.16 bits per heavy atom. The summed E-state index contributed by atoms with van der Waals surface area (Å²) in [6.45, 7) is 1.45. The van der Waals surface area contributed by atoms with Crippen LogP contribution in [0.2, 0.25) is 0 Å². The summed E-state index contributed by atoms with van der Waals surface area (Å²) in [5.74, 6) is -0.729. The smallest absolute Gasteiger partial charge is 0.302 e. The Balaban J connectivity index is 2.40. The number of rotatable bonds is 5. The zero-order valence-electron chi connectivity index (χ0n) is 11.3. The molecule has 0 heterocycles. The number of ketones is 1. The zero-order valence-corrected chi connectivity index (χ0v) is 11.3. The minimum absolute atomic E-state index is 0.0391. The van der Waals surface area contributed by atoms with Crippen molar-refractivity contribution in [2.75, 3.05) is 6.61 Å². The van der Waals surface area contributed by atoms with Crippen LogP contribution in [0.3, 0.4) is 0 Å². The van der Waals surface area contributed by atoms with Crippen molar-refractivity contribution in [1.29, 1.82) is 0 Å². The van der Waals surface area contributed by atoms with E-state index in [2.05, 4.69) is 0 Å². The van der Waals surface area contributed by atoms with Crippen molar-refractivity contribution in [3.05, 3.63) is 12.2 Å². The lowest BCUT2D eigenvalue weighted by Gasteiger charge is -2.10. The number of ether oxygens (including phenoxy) is 1. The van der Waals surface area contributed by atoms with Crippen molar-refractivity contribution in [2.45, 2.75) is 39.0 Å². The largest absolute Gasteiger partial charge is 0.462 e. The Morgan fingerprint density at radius 2 is 1.79 bits per heavy atom. The topological polar surface area (TPSA) is 86.5 Å². The molecular formula is C14H21NO4. The number of amides is 1. The first-order valence-corrected chi connectivity index (χ1v) is 6.63. The second kappa shape index (κ2) is 7.71. The fourth-order valence-corrected chi connectivity index (χ4v) is 2.34. The molecule has 0 aromatic rings. The number of hydrogen-bond donors (Lipinski definition) is 1. The Bertz CT molecular complexity index is 376. The van der Waals surface area contributed by atoms with Crippen LogP contribution >= 0.6 is 0 Å². The van der Waals surface area contributed by atoms with Gasteiger partial charge in [0, 0.05) is 18.8 Å². The van der Waals surface area contributed by atoms with Gasteiger partial charge in [-0.1, -0.05) is 6.42 Å². The molecule has 2 atom stereocenters. The second-order valence-electron chi connectivity index (χ2n) is 4.91. The van der Waals surface area contributed by atoms with E-state index in [0.717, 1.165) is 19.3 Å². The quantitative estimate of drug-likeness (QED) is 0.463. The lowest BCUT2D eigenvalue weighted by molar-refractivity contribution is -0.139. The van der Waals surface area contributed by atoms with Gasteiger partial charge in [-0.2, -0.15) is 0 Å². The summed E-state index contributed by atoms with van der Waals surface area (Å²) >= 11 is 0. The van der Waals surface area contributed by atoms with E-state index in [4.69, 9.17) is 10.5 Å². The van der Waals surface area contributed by atoms with Crippen LogP contribution in [0.4, 0.5) is 0 Å². The molecule has 1 fully saturated rings. The van der Waals surface area contributed by atoms with Crippen molar-refractivity contribution in [2.24, 2.45) is 17.6 Å². The van der Waals surface area contributed by atoms with E-state index in [0.29, 0.717) is 12.8 Å². The summed E-state index contributed by atoms with van der Waals surface area (Å²) < 4.78 is 4.71. The first-order chi connectivity index (χ1) is 9.00. The second-order valence-corrected chi connectivity index (χ2v) is 4.91. The molecule has 0 spiro atoms. The van der Waals surface area contributed by atoms with E-state index in [1.165, 1.54) is 13.0 Å². The van der Waals surface area contributed by atoms with Crippen LogP contribution in [0, 0.1) is 11.8 Å². The Kier molecular flexibility index (Phi) is 6.25. The van der Waals surface area contributed by atoms with Gasteiger partial charge in [-0.05, 0) is 37.8 Å². The SMILES string of the molecule is CC(=O)OC/C=C/C(=O)C1CCC[C@@H](C(N)=O)CC1.